The molecule has 132 valence electrons. The molecule has 0 aliphatic rings. The first-order valence-corrected chi connectivity index (χ1v) is 7.95. The average Bonchev–Trinajstić information content (AvgIpc) is 2.60. The van der Waals surface area contributed by atoms with Gasteiger partial charge in [-0.05, 0) is 37.0 Å². The molecular formula is C18H21N3O4. The SMILES string of the molecule is Cc1cc(C(=O)NC(CCCO)c2ccccc2)c(N)c([N+](=O)[O-])c1. The molecule has 1 atom stereocenters. The standard InChI is InChI=1S/C18H21N3O4/c1-12-10-14(17(19)16(11-12)21(24)25)18(23)20-15(8-5-9-22)13-6-3-2-4-7-13/h2-4,6-7,10-11,15,22H,5,8-9,19H2,1H3,(H,20,23). The van der Waals surface area contributed by atoms with E-state index in [1.54, 1.807) is 6.92 Å². The first-order valence-electron chi connectivity index (χ1n) is 7.95. The highest BCUT2D eigenvalue weighted by molar-refractivity contribution is 6.01. The Hall–Kier alpha value is -2.93. The zero-order chi connectivity index (χ0) is 18.4. The Kier molecular flexibility index (Phi) is 6.08. The van der Waals surface area contributed by atoms with Crippen LogP contribution >= 0.6 is 0 Å². The molecule has 0 spiro atoms. The molecule has 25 heavy (non-hydrogen) atoms. The third kappa shape index (κ3) is 4.54. The van der Waals surface area contributed by atoms with Gasteiger partial charge in [-0.2, -0.15) is 0 Å². The molecule has 0 saturated carbocycles. The Balaban J connectivity index is 2.31. The van der Waals surface area contributed by atoms with Crippen molar-refractivity contribution in [3.8, 4) is 0 Å². The van der Waals surface area contributed by atoms with Crippen LogP contribution in [-0.4, -0.2) is 22.5 Å². The number of benzene rings is 2. The molecule has 0 aliphatic heterocycles. The summed E-state index contributed by atoms with van der Waals surface area (Å²) in [6.07, 6.45) is 1.06. The van der Waals surface area contributed by atoms with Crippen molar-refractivity contribution in [2.24, 2.45) is 0 Å². The lowest BCUT2D eigenvalue weighted by Gasteiger charge is -2.19. The van der Waals surface area contributed by atoms with Gasteiger partial charge in [0.25, 0.3) is 11.6 Å². The fourth-order valence-electron chi connectivity index (χ4n) is 2.66. The maximum atomic E-state index is 12.7. The van der Waals surface area contributed by atoms with E-state index in [0.29, 0.717) is 18.4 Å². The second-order valence-electron chi connectivity index (χ2n) is 5.80. The maximum Gasteiger partial charge on any atom is 0.293 e. The Morgan fingerprint density at radius 3 is 2.60 bits per heavy atom. The number of carbonyl (C=O) groups is 1. The van der Waals surface area contributed by atoms with Crippen LogP contribution in [0.2, 0.25) is 0 Å². The monoisotopic (exact) mass is 343 g/mol. The second kappa shape index (κ2) is 8.25. The van der Waals surface area contributed by atoms with Crippen molar-refractivity contribution in [3.63, 3.8) is 0 Å². The van der Waals surface area contributed by atoms with Gasteiger partial charge >= 0.3 is 0 Å². The van der Waals surface area contributed by atoms with Crippen molar-refractivity contribution in [2.75, 3.05) is 12.3 Å². The van der Waals surface area contributed by atoms with E-state index in [-0.39, 0.29) is 29.6 Å². The van der Waals surface area contributed by atoms with Crippen LogP contribution in [0.5, 0.6) is 0 Å². The molecule has 2 aromatic carbocycles. The van der Waals surface area contributed by atoms with E-state index < -0.39 is 10.8 Å². The molecule has 2 aromatic rings. The molecule has 7 nitrogen and oxygen atoms in total. The fourth-order valence-corrected chi connectivity index (χ4v) is 2.66. The van der Waals surface area contributed by atoms with Crippen molar-refractivity contribution >= 4 is 17.3 Å². The summed E-state index contributed by atoms with van der Waals surface area (Å²) in [5.74, 6) is -0.476. The number of nitro benzene ring substituents is 1. The van der Waals surface area contributed by atoms with Crippen molar-refractivity contribution < 1.29 is 14.8 Å². The summed E-state index contributed by atoms with van der Waals surface area (Å²) in [5, 5.41) is 23.0. The number of nitrogen functional groups attached to an aromatic ring is 1. The van der Waals surface area contributed by atoms with Crippen molar-refractivity contribution in [1.82, 2.24) is 5.32 Å². The number of nitrogens with two attached hydrogens (primary N) is 1. The number of nitro groups is 1. The Morgan fingerprint density at radius 2 is 2.00 bits per heavy atom. The number of nitrogens with zero attached hydrogens (tertiary/aromatic N) is 1. The molecule has 1 unspecified atom stereocenters. The number of hydrogen-bond acceptors (Lipinski definition) is 5. The molecule has 0 radical (unpaired) electrons. The third-order valence-corrected chi connectivity index (χ3v) is 3.90. The predicted molar refractivity (Wildman–Crippen MR) is 95.2 cm³/mol. The summed E-state index contributed by atoms with van der Waals surface area (Å²) in [5.41, 5.74) is 6.95. The van der Waals surface area contributed by atoms with Crippen molar-refractivity contribution in [2.45, 2.75) is 25.8 Å². The van der Waals surface area contributed by atoms with Crippen molar-refractivity contribution in [3.05, 3.63) is 69.3 Å². The number of amides is 1. The van der Waals surface area contributed by atoms with Crippen LogP contribution in [0.4, 0.5) is 11.4 Å². The second-order valence-corrected chi connectivity index (χ2v) is 5.80. The minimum absolute atomic E-state index is 0.0112. The highest BCUT2D eigenvalue weighted by Gasteiger charge is 2.22. The molecule has 1 amide bonds. The Labute approximate surface area is 145 Å². The number of hydrogen-bond donors (Lipinski definition) is 3. The predicted octanol–water partition coefficient (Wildman–Crippen LogP) is 2.73. The number of anilines is 1. The number of aryl methyl sites for hydroxylation is 1. The van der Waals surface area contributed by atoms with E-state index in [0.717, 1.165) is 5.56 Å². The Bertz CT molecular complexity index is 762. The van der Waals surface area contributed by atoms with E-state index >= 15 is 0 Å². The summed E-state index contributed by atoms with van der Waals surface area (Å²) in [6, 6.07) is 11.9. The van der Waals surface area contributed by atoms with Gasteiger partial charge in [-0.3, -0.25) is 14.9 Å². The average molecular weight is 343 g/mol. The smallest absolute Gasteiger partial charge is 0.293 e. The lowest BCUT2D eigenvalue weighted by Crippen LogP contribution is -2.29. The van der Waals surface area contributed by atoms with E-state index in [2.05, 4.69) is 5.32 Å². The molecule has 0 heterocycles. The largest absolute Gasteiger partial charge is 0.396 e. The van der Waals surface area contributed by atoms with Gasteiger partial charge in [0.2, 0.25) is 0 Å². The van der Waals surface area contributed by atoms with Gasteiger partial charge in [-0.15, -0.1) is 0 Å². The van der Waals surface area contributed by atoms with E-state index in [1.807, 2.05) is 30.3 Å². The molecule has 2 rings (SSSR count). The Morgan fingerprint density at radius 1 is 1.32 bits per heavy atom. The fraction of sp³-hybridized carbons (Fsp3) is 0.278. The molecule has 7 heteroatoms. The molecule has 0 saturated heterocycles. The normalized spacial score (nSPS) is 11.8. The lowest BCUT2D eigenvalue weighted by atomic mass is 10.0. The third-order valence-electron chi connectivity index (χ3n) is 3.90. The van der Waals surface area contributed by atoms with Gasteiger partial charge in [0, 0.05) is 12.7 Å². The number of carbonyl (C=O) groups excluding carboxylic acids is 1. The quantitative estimate of drug-likeness (QED) is 0.406. The summed E-state index contributed by atoms with van der Waals surface area (Å²) >= 11 is 0. The first-order chi connectivity index (χ1) is 11.9. The lowest BCUT2D eigenvalue weighted by molar-refractivity contribution is -0.384. The van der Waals surface area contributed by atoms with E-state index in [9.17, 15) is 14.9 Å². The highest BCUT2D eigenvalue weighted by atomic mass is 16.6. The van der Waals surface area contributed by atoms with Gasteiger partial charge in [0.1, 0.15) is 5.69 Å². The highest BCUT2D eigenvalue weighted by Crippen LogP contribution is 2.28. The summed E-state index contributed by atoms with van der Waals surface area (Å²) in [6.45, 7) is 1.68. The molecule has 0 fully saturated rings. The number of aliphatic hydroxyl groups is 1. The van der Waals surface area contributed by atoms with Crippen LogP contribution in [0.1, 0.15) is 40.4 Å². The summed E-state index contributed by atoms with van der Waals surface area (Å²) in [4.78, 5) is 23.2. The van der Waals surface area contributed by atoms with Crippen LogP contribution in [0.3, 0.4) is 0 Å². The molecule has 0 aromatic heterocycles. The molecule has 0 aliphatic carbocycles. The number of aliphatic hydroxyl groups excluding tert-OH is 1. The summed E-state index contributed by atoms with van der Waals surface area (Å²) in [7, 11) is 0. The number of nitrogens with one attached hydrogen (secondary N) is 1. The van der Waals surface area contributed by atoms with E-state index in [4.69, 9.17) is 10.8 Å². The van der Waals surface area contributed by atoms with Gasteiger partial charge in [0.15, 0.2) is 0 Å². The molecule has 0 bridgehead atoms. The van der Waals surface area contributed by atoms with Crippen LogP contribution in [0, 0.1) is 17.0 Å². The zero-order valence-corrected chi connectivity index (χ0v) is 13.9. The minimum atomic E-state index is -0.598. The van der Waals surface area contributed by atoms with Gasteiger partial charge in [-0.1, -0.05) is 30.3 Å². The summed E-state index contributed by atoms with van der Waals surface area (Å²) < 4.78 is 0. The van der Waals surface area contributed by atoms with Crippen LogP contribution in [-0.2, 0) is 0 Å². The minimum Gasteiger partial charge on any atom is -0.396 e. The zero-order valence-electron chi connectivity index (χ0n) is 13.9. The van der Waals surface area contributed by atoms with E-state index in [1.165, 1.54) is 12.1 Å². The topological polar surface area (TPSA) is 118 Å². The molecular weight excluding hydrogens is 322 g/mol. The first kappa shape index (κ1) is 18.4. The van der Waals surface area contributed by atoms with Gasteiger partial charge < -0.3 is 16.2 Å². The number of rotatable bonds is 7. The van der Waals surface area contributed by atoms with Crippen LogP contribution in [0.15, 0.2) is 42.5 Å². The van der Waals surface area contributed by atoms with Crippen LogP contribution in [0.25, 0.3) is 0 Å². The van der Waals surface area contributed by atoms with Crippen molar-refractivity contribution in [1.29, 1.82) is 0 Å². The van der Waals surface area contributed by atoms with Gasteiger partial charge in [-0.25, -0.2) is 0 Å². The molecule has 4 N–H and O–H groups in total. The van der Waals surface area contributed by atoms with Crippen LogP contribution < -0.4 is 11.1 Å². The maximum absolute atomic E-state index is 12.7. The van der Waals surface area contributed by atoms with Gasteiger partial charge in [0.05, 0.1) is 16.5 Å².